The Morgan fingerprint density at radius 2 is 2.16 bits per heavy atom. The van der Waals surface area contributed by atoms with Gasteiger partial charge in [-0.15, -0.1) is 0 Å². The highest BCUT2D eigenvalue weighted by Crippen LogP contribution is 2.25. The number of amides is 4. The van der Waals surface area contributed by atoms with Crippen molar-refractivity contribution in [2.24, 2.45) is 0 Å². The quantitative estimate of drug-likeness (QED) is 0.528. The lowest BCUT2D eigenvalue weighted by molar-refractivity contribution is -0.137. The van der Waals surface area contributed by atoms with Gasteiger partial charge in [0.2, 0.25) is 5.91 Å². The average Bonchev–Trinajstić information content (AvgIpc) is 2.99. The Morgan fingerprint density at radius 3 is 2.79 bits per heavy atom. The number of nitrogens with one attached hydrogen (secondary N) is 3. The minimum Gasteiger partial charge on any atom is -0.338 e. The van der Waals surface area contributed by atoms with E-state index in [0.717, 1.165) is 25.8 Å². The summed E-state index contributed by atoms with van der Waals surface area (Å²) in [6.45, 7) is 1.80. The molecule has 3 aliphatic rings. The molecule has 7 nitrogen and oxygen atoms in total. The Morgan fingerprint density at radius 1 is 1.32 bits per heavy atom. The van der Waals surface area contributed by atoms with Crippen LogP contribution in [-0.4, -0.2) is 54.0 Å². The summed E-state index contributed by atoms with van der Waals surface area (Å²) < 4.78 is 0. The lowest BCUT2D eigenvalue weighted by Crippen LogP contribution is -2.61. The van der Waals surface area contributed by atoms with Crippen molar-refractivity contribution in [3.63, 3.8) is 0 Å². The molecule has 1 unspecified atom stereocenters. The van der Waals surface area contributed by atoms with Gasteiger partial charge in [-0.05, 0) is 32.2 Å². The van der Waals surface area contributed by atoms with Gasteiger partial charge in [0, 0.05) is 6.54 Å². The highest BCUT2D eigenvalue weighted by atomic mass is 16.2. The summed E-state index contributed by atoms with van der Waals surface area (Å²) in [5.41, 5.74) is -0.913. The van der Waals surface area contributed by atoms with Gasteiger partial charge in [0.05, 0.1) is 12.6 Å². The van der Waals surface area contributed by atoms with Crippen molar-refractivity contribution in [1.82, 2.24) is 20.9 Å². The smallest absolute Gasteiger partial charge is 0.322 e. The fourth-order valence-electron chi connectivity index (χ4n) is 3.17. The lowest BCUT2D eigenvalue weighted by atomic mass is 9.89. The van der Waals surface area contributed by atoms with Gasteiger partial charge in [0.1, 0.15) is 5.54 Å². The number of carbonyl (C=O) groups excluding carboxylic acids is 3. The van der Waals surface area contributed by atoms with Crippen LogP contribution in [0.25, 0.3) is 0 Å². The van der Waals surface area contributed by atoms with Gasteiger partial charge in [0.15, 0.2) is 0 Å². The molecular weight excluding hydrogens is 248 g/mol. The first-order chi connectivity index (χ1) is 9.11. The van der Waals surface area contributed by atoms with Crippen LogP contribution in [0.15, 0.2) is 0 Å². The summed E-state index contributed by atoms with van der Waals surface area (Å²) in [6.07, 6.45) is 3.17. The zero-order valence-electron chi connectivity index (χ0n) is 10.7. The first-order valence-electron chi connectivity index (χ1n) is 6.76. The molecule has 0 bridgehead atoms. The second kappa shape index (κ2) is 4.48. The Balaban J connectivity index is 1.72. The van der Waals surface area contributed by atoms with E-state index in [1.807, 2.05) is 0 Å². The molecule has 3 saturated heterocycles. The van der Waals surface area contributed by atoms with E-state index >= 15 is 0 Å². The van der Waals surface area contributed by atoms with Crippen LogP contribution in [0.5, 0.6) is 0 Å². The summed E-state index contributed by atoms with van der Waals surface area (Å²) in [5, 5.41) is 8.12. The fraction of sp³-hybridized carbons (Fsp3) is 0.750. The largest absolute Gasteiger partial charge is 0.338 e. The Labute approximate surface area is 111 Å². The van der Waals surface area contributed by atoms with E-state index in [4.69, 9.17) is 0 Å². The zero-order valence-corrected chi connectivity index (χ0v) is 10.7. The number of urea groups is 1. The van der Waals surface area contributed by atoms with Crippen LogP contribution in [0.3, 0.4) is 0 Å². The minimum atomic E-state index is -0.913. The molecule has 2 atom stereocenters. The molecule has 0 aromatic rings. The number of rotatable bonds is 1. The second-order valence-electron chi connectivity index (χ2n) is 5.50. The van der Waals surface area contributed by atoms with Crippen molar-refractivity contribution in [2.75, 3.05) is 19.6 Å². The van der Waals surface area contributed by atoms with Crippen molar-refractivity contribution in [3.05, 3.63) is 0 Å². The second-order valence-corrected chi connectivity index (χ2v) is 5.50. The Bertz CT molecular complexity index is 433. The SMILES string of the molecule is O=C1NC(=O)C2(CCCN(C(=O)[C@H]3CCCN3)C2)N1. The molecule has 0 saturated carbocycles. The van der Waals surface area contributed by atoms with Crippen LogP contribution >= 0.6 is 0 Å². The molecule has 3 heterocycles. The predicted octanol–water partition coefficient (Wildman–Crippen LogP) is -1.06. The number of piperidine rings is 1. The van der Waals surface area contributed by atoms with Gasteiger partial charge in [-0.1, -0.05) is 0 Å². The van der Waals surface area contributed by atoms with E-state index in [-0.39, 0.29) is 24.4 Å². The summed E-state index contributed by atoms with van der Waals surface area (Å²) in [5.74, 6) is -0.264. The monoisotopic (exact) mass is 266 g/mol. The molecule has 0 radical (unpaired) electrons. The molecule has 0 aromatic heterocycles. The highest BCUT2D eigenvalue weighted by molar-refractivity contribution is 6.07. The number of hydrogen-bond donors (Lipinski definition) is 3. The summed E-state index contributed by atoms with van der Waals surface area (Å²) >= 11 is 0. The van der Waals surface area contributed by atoms with Gasteiger partial charge >= 0.3 is 6.03 Å². The fourth-order valence-corrected chi connectivity index (χ4v) is 3.17. The molecule has 4 amide bonds. The molecule has 7 heteroatoms. The Hall–Kier alpha value is -1.63. The van der Waals surface area contributed by atoms with Gasteiger partial charge in [0.25, 0.3) is 5.91 Å². The maximum Gasteiger partial charge on any atom is 0.322 e. The molecule has 0 aliphatic carbocycles. The van der Waals surface area contributed by atoms with Gasteiger partial charge < -0.3 is 15.5 Å². The molecule has 1 spiro atoms. The first-order valence-corrected chi connectivity index (χ1v) is 6.76. The number of nitrogens with zero attached hydrogens (tertiary/aromatic N) is 1. The molecule has 0 aromatic carbocycles. The van der Waals surface area contributed by atoms with Gasteiger partial charge in [-0.3, -0.25) is 14.9 Å². The van der Waals surface area contributed by atoms with E-state index in [1.165, 1.54) is 0 Å². The third-order valence-electron chi connectivity index (χ3n) is 4.18. The van der Waals surface area contributed by atoms with Gasteiger partial charge in [-0.2, -0.15) is 0 Å². The molecule has 3 aliphatic heterocycles. The normalized spacial score (nSPS) is 34.5. The molecule has 104 valence electrons. The van der Waals surface area contributed by atoms with Crippen LogP contribution in [0.4, 0.5) is 4.79 Å². The molecule has 3 rings (SSSR count). The number of carbonyl (C=O) groups is 3. The van der Waals surface area contributed by atoms with Crippen LogP contribution in [-0.2, 0) is 9.59 Å². The Kier molecular flexibility index (Phi) is 2.93. The first kappa shape index (κ1) is 12.4. The summed E-state index contributed by atoms with van der Waals surface area (Å²) in [4.78, 5) is 37.3. The molecular formula is C12H18N4O3. The van der Waals surface area contributed by atoms with Gasteiger partial charge in [-0.25, -0.2) is 4.79 Å². The summed E-state index contributed by atoms with van der Waals surface area (Å²) in [7, 11) is 0. The van der Waals surface area contributed by atoms with Crippen LogP contribution in [0.1, 0.15) is 25.7 Å². The third-order valence-corrected chi connectivity index (χ3v) is 4.18. The zero-order chi connectivity index (χ0) is 13.5. The van der Waals surface area contributed by atoms with E-state index in [1.54, 1.807) is 4.90 Å². The number of imide groups is 1. The molecule has 3 fully saturated rings. The number of likely N-dealkylation sites (tertiary alicyclic amines) is 1. The van der Waals surface area contributed by atoms with E-state index in [0.29, 0.717) is 13.0 Å². The predicted molar refractivity (Wildman–Crippen MR) is 66.2 cm³/mol. The van der Waals surface area contributed by atoms with Crippen molar-refractivity contribution in [2.45, 2.75) is 37.3 Å². The average molecular weight is 266 g/mol. The lowest BCUT2D eigenvalue weighted by Gasteiger charge is -2.39. The minimum absolute atomic E-state index is 0.0468. The van der Waals surface area contributed by atoms with Crippen molar-refractivity contribution < 1.29 is 14.4 Å². The van der Waals surface area contributed by atoms with Crippen molar-refractivity contribution >= 4 is 17.8 Å². The maximum atomic E-state index is 12.3. The standard InChI is InChI=1S/C12H18N4O3/c17-9(8-3-1-5-13-8)16-6-2-4-12(7-16)10(18)14-11(19)15-12/h8,13H,1-7H2,(H2,14,15,18,19)/t8-,12?/m1/s1. The van der Waals surface area contributed by atoms with E-state index < -0.39 is 11.6 Å². The van der Waals surface area contributed by atoms with Crippen LogP contribution in [0, 0.1) is 0 Å². The summed E-state index contributed by atoms with van der Waals surface area (Å²) in [6, 6.07) is -0.589. The number of hydrogen-bond acceptors (Lipinski definition) is 4. The third kappa shape index (κ3) is 2.07. The van der Waals surface area contributed by atoms with Crippen LogP contribution in [0.2, 0.25) is 0 Å². The topological polar surface area (TPSA) is 90.5 Å². The maximum absolute atomic E-state index is 12.3. The van der Waals surface area contributed by atoms with E-state index in [2.05, 4.69) is 16.0 Å². The highest BCUT2D eigenvalue weighted by Gasteiger charge is 2.50. The van der Waals surface area contributed by atoms with Crippen molar-refractivity contribution in [1.29, 1.82) is 0 Å². The van der Waals surface area contributed by atoms with E-state index in [9.17, 15) is 14.4 Å². The molecule has 19 heavy (non-hydrogen) atoms. The van der Waals surface area contributed by atoms with Crippen LogP contribution < -0.4 is 16.0 Å². The van der Waals surface area contributed by atoms with Crippen molar-refractivity contribution in [3.8, 4) is 0 Å². The molecule has 3 N–H and O–H groups in total.